The number of para-hydroxylation sites is 1. The summed E-state index contributed by atoms with van der Waals surface area (Å²) in [5.41, 5.74) is 1.77. The van der Waals surface area contributed by atoms with E-state index < -0.39 is 0 Å². The minimum atomic E-state index is -0.309. The Bertz CT molecular complexity index is 771. The van der Waals surface area contributed by atoms with Crippen molar-refractivity contribution in [1.29, 1.82) is 0 Å². The van der Waals surface area contributed by atoms with Crippen molar-refractivity contribution in [3.63, 3.8) is 0 Å². The minimum Gasteiger partial charge on any atom is -0.328 e. The standard InChI is InChI=1S/C16H20N6O2/c1-11(15-19-17-10-20(15)2)18-16(24)22-8-12-6-4-5-7-13(12)21(3)14(23)9-22/h4-7,10-11H,8-9H2,1-3H3,(H,18,24). The summed E-state index contributed by atoms with van der Waals surface area (Å²) < 4.78 is 1.75. The Morgan fingerprint density at radius 1 is 1.25 bits per heavy atom. The van der Waals surface area contributed by atoms with Crippen molar-refractivity contribution in [1.82, 2.24) is 25.0 Å². The predicted molar refractivity (Wildman–Crippen MR) is 88.2 cm³/mol. The lowest BCUT2D eigenvalue weighted by Crippen LogP contribution is -2.44. The monoisotopic (exact) mass is 328 g/mol. The number of aryl methyl sites for hydroxylation is 1. The van der Waals surface area contributed by atoms with Crippen LogP contribution in [-0.4, -0.2) is 45.2 Å². The van der Waals surface area contributed by atoms with E-state index in [-0.39, 0.29) is 24.5 Å². The van der Waals surface area contributed by atoms with E-state index in [1.165, 1.54) is 4.90 Å². The molecule has 3 rings (SSSR count). The zero-order valence-corrected chi connectivity index (χ0v) is 13.9. The number of anilines is 1. The van der Waals surface area contributed by atoms with Crippen LogP contribution in [0.15, 0.2) is 30.6 Å². The molecule has 0 bridgehead atoms. The lowest BCUT2D eigenvalue weighted by Gasteiger charge is -2.23. The predicted octanol–water partition coefficient (Wildman–Crippen LogP) is 1.06. The molecule has 3 amide bonds. The van der Waals surface area contributed by atoms with Crippen LogP contribution in [0.25, 0.3) is 0 Å². The zero-order chi connectivity index (χ0) is 17.3. The van der Waals surface area contributed by atoms with Gasteiger partial charge in [0.1, 0.15) is 12.9 Å². The number of hydrogen-bond acceptors (Lipinski definition) is 4. The van der Waals surface area contributed by atoms with E-state index in [1.807, 2.05) is 38.2 Å². The number of carbonyl (C=O) groups is 2. The summed E-state index contributed by atoms with van der Waals surface area (Å²) in [5, 5.41) is 10.7. The number of nitrogens with one attached hydrogen (secondary N) is 1. The third-order valence-electron chi connectivity index (χ3n) is 4.18. The molecule has 0 saturated heterocycles. The van der Waals surface area contributed by atoms with E-state index >= 15 is 0 Å². The van der Waals surface area contributed by atoms with Gasteiger partial charge in [0.2, 0.25) is 5.91 Å². The number of carbonyl (C=O) groups excluding carboxylic acids is 2. The van der Waals surface area contributed by atoms with Crippen LogP contribution in [0.2, 0.25) is 0 Å². The van der Waals surface area contributed by atoms with Gasteiger partial charge < -0.3 is 19.7 Å². The second-order valence-corrected chi connectivity index (χ2v) is 5.91. The Hall–Kier alpha value is -2.90. The van der Waals surface area contributed by atoms with Crippen LogP contribution in [0, 0.1) is 0 Å². The molecule has 1 atom stereocenters. The minimum absolute atomic E-state index is 0.0303. The highest BCUT2D eigenvalue weighted by Crippen LogP contribution is 2.24. The van der Waals surface area contributed by atoms with Gasteiger partial charge in [0.05, 0.1) is 12.6 Å². The molecule has 126 valence electrons. The first-order chi connectivity index (χ1) is 11.5. The second kappa shape index (κ2) is 6.31. The van der Waals surface area contributed by atoms with Gasteiger partial charge in [-0.1, -0.05) is 18.2 Å². The van der Waals surface area contributed by atoms with Gasteiger partial charge in [0.15, 0.2) is 5.82 Å². The topological polar surface area (TPSA) is 83.4 Å². The van der Waals surface area contributed by atoms with Crippen LogP contribution in [0.1, 0.15) is 24.4 Å². The maximum Gasteiger partial charge on any atom is 0.318 e. The van der Waals surface area contributed by atoms with Crippen LogP contribution >= 0.6 is 0 Å². The molecule has 0 radical (unpaired) electrons. The van der Waals surface area contributed by atoms with Crippen molar-refractivity contribution in [2.45, 2.75) is 19.5 Å². The molecule has 1 unspecified atom stereocenters. The number of urea groups is 1. The first-order valence-corrected chi connectivity index (χ1v) is 7.71. The number of aromatic nitrogens is 3. The lowest BCUT2D eigenvalue weighted by atomic mass is 10.1. The highest BCUT2D eigenvalue weighted by Gasteiger charge is 2.27. The fourth-order valence-corrected chi connectivity index (χ4v) is 2.81. The van der Waals surface area contributed by atoms with Crippen molar-refractivity contribution >= 4 is 17.6 Å². The molecular weight excluding hydrogens is 308 g/mol. The molecule has 0 aliphatic carbocycles. The quantitative estimate of drug-likeness (QED) is 0.894. The van der Waals surface area contributed by atoms with Crippen LogP contribution < -0.4 is 10.2 Å². The van der Waals surface area contributed by atoms with Gasteiger partial charge in [-0.3, -0.25) is 4.79 Å². The van der Waals surface area contributed by atoms with Gasteiger partial charge in [-0.25, -0.2) is 4.79 Å². The van der Waals surface area contributed by atoms with Crippen molar-refractivity contribution in [2.24, 2.45) is 7.05 Å². The highest BCUT2D eigenvalue weighted by molar-refractivity contribution is 5.97. The molecule has 24 heavy (non-hydrogen) atoms. The largest absolute Gasteiger partial charge is 0.328 e. The van der Waals surface area contributed by atoms with E-state index in [2.05, 4.69) is 15.5 Å². The molecular formula is C16H20N6O2. The number of likely N-dealkylation sites (N-methyl/N-ethyl adjacent to an activating group) is 1. The highest BCUT2D eigenvalue weighted by atomic mass is 16.2. The summed E-state index contributed by atoms with van der Waals surface area (Å²) >= 11 is 0. The van der Waals surface area contributed by atoms with Crippen molar-refractivity contribution in [3.8, 4) is 0 Å². The fraction of sp³-hybridized carbons (Fsp3) is 0.375. The number of amides is 3. The van der Waals surface area contributed by atoms with Gasteiger partial charge in [0.25, 0.3) is 0 Å². The lowest BCUT2D eigenvalue weighted by molar-refractivity contribution is -0.118. The third-order valence-corrected chi connectivity index (χ3v) is 4.18. The molecule has 0 saturated carbocycles. The number of fused-ring (bicyclic) bond motifs is 1. The summed E-state index contributed by atoms with van der Waals surface area (Å²) in [4.78, 5) is 28.1. The SMILES string of the molecule is CC(NC(=O)N1CC(=O)N(C)c2ccccc2C1)c1nncn1C. The number of nitrogens with zero attached hydrogens (tertiary/aromatic N) is 5. The fourth-order valence-electron chi connectivity index (χ4n) is 2.81. The number of benzene rings is 1. The molecule has 1 aliphatic rings. The molecule has 8 heteroatoms. The molecule has 1 aromatic carbocycles. The van der Waals surface area contributed by atoms with Crippen molar-refractivity contribution in [3.05, 3.63) is 42.0 Å². The van der Waals surface area contributed by atoms with Crippen LogP contribution in [0.5, 0.6) is 0 Å². The molecule has 0 spiro atoms. The summed E-state index contributed by atoms with van der Waals surface area (Å²) in [5.74, 6) is 0.531. The Balaban J connectivity index is 1.78. The molecule has 1 N–H and O–H groups in total. The molecule has 1 aromatic heterocycles. The Morgan fingerprint density at radius 2 is 2.00 bits per heavy atom. The number of rotatable bonds is 2. The van der Waals surface area contributed by atoms with Gasteiger partial charge >= 0.3 is 6.03 Å². The van der Waals surface area contributed by atoms with E-state index in [1.54, 1.807) is 22.8 Å². The molecule has 1 aliphatic heterocycles. The van der Waals surface area contributed by atoms with Crippen molar-refractivity contribution < 1.29 is 9.59 Å². The second-order valence-electron chi connectivity index (χ2n) is 5.91. The Morgan fingerprint density at radius 3 is 2.71 bits per heavy atom. The van der Waals surface area contributed by atoms with Gasteiger partial charge in [0, 0.05) is 19.8 Å². The molecule has 0 fully saturated rings. The normalized spacial score (nSPS) is 15.7. The van der Waals surface area contributed by atoms with Crippen LogP contribution in [0.3, 0.4) is 0 Å². The Labute approximate surface area is 140 Å². The summed E-state index contributed by atoms with van der Waals surface area (Å²) in [7, 11) is 3.55. The molecule has 8 nitrogen and oxygen atoms in total. The zero-order valence-electron chi connectivity index (χ0n) is 13.9. The maximum atomic E-state index is 12.6. The maximum absolute atomic E-state index is 12.6. The van der Waals surface area contributed by atoms with Crippen LogP contribution in [0.4, 0.5) is 10.5 Å². The van der Waals surface area contributed by atoms with E-state index in [0.717, 1.165) is 11.3 Å². The molecule has 2 heterocycles. The average molecular weight is 328 g/mol. The summed E-state index contributed by atoms with van der Waals surface area (Å²) in [6.45, 7) is 2.24. The Kier molecular flexibility index (Phi) is 4.20. The summed E-state index contributed by atoms with van der Waals surface area (Å²) in [6, 6.07) is 6.99. The van der Waals surface area contributed by atoms with Crippen LogP contribution in [-0.2, 0) is 18.4 Å². The number of hydrogen-bond donors (Lipinski definition) is 1. The first kappa shape index (κ1) is 16.0. The van der Waals surface area contributed by atoms with Crippen molar-refractivity contribution in [2.75, 3.05) is 18.5 Å². The first-order valence-electron chi connectivity index (χ1n) is 7.71. The average Bonchev–Trinajstić information content (AvgIpc) is 2.94. The molecule has 2 aromatic rings. The smallest absolute Gasteiger partial charge is 0.318 e. The van der Waals surface area contributed by atoms with Gasteiger partial charge in [-0.2, -0.15) is 0 Å². The third kappa shape index (κ3) is 2.94. The van der Waals surface area contributed by atoms with Gasteiger partial charge in [-0.05, 0) is 18.6 Å². The van der Waals surface area contributed by atoms with E-state index in [4.69, 9.17) is 0 Å². The summed E-state index contributed by atoms with van der Waals surface area (Å²) in [6.07, 6.45) is 1.58. The van der Waals surface area contributed by atoms with E-state index in [0.29, 0.717) is 12.4 Å². The van der Waals surface area contributed by atoms with E-state index in [9.17, 15) is 9.59 Å². The van der Waals surface area contributed by atoms with Gasteiger partial charge in [-0.15, -0.1) is 10.2 Å².